The molecule has 192 valence electrons. The third-order valence-electron chi connectivity index (χ3n) is 9.54. The van der Waals surface area contributed by atoms with E-state index in [-0.39, 0.29) is 55.3 Å². The lowest BCUT2D eigenvalue weighted by Crippen LogP contribution is -2.64. The Morgan fingerprint density at radius 3 is 2.71 bits per heavy atom. The first-order chi connectivity index (χ1) is 16.5. The number of rotatable bonds is 8. The van der Waals surface area contributed by atoms with Crippen LogP contribution < -0.4 is 0 Å². The topological polar surface area (TPSA) is 140 Å². The second-order valence-corrected chi connectivity index (χ2v) is 11.2. The van der Waals surface area contributed by atoms with Crippen LogP contribution in [0.25, 0.3) is 0 Å². The first-order valence-electron chi connectivity index (χ1n) is 12.5. The van der Waals surface area contributed by atoms with Crippen molar-refractivity contribution in [1.29, 1.82) is 0 Å². The molecule has 3 fully saturated rings. The molecular weight excluding hydrogens is 454 g/mol. The van der Waals surface area contributed by atoms with E-state index in [9.17, 15) is 29.5 Å². The van der Waals surface area contributed by atoms with E-state index in [1.54, 1.807) is 12.2 Å². The third-order valence-corrected chi connectivity index (χ3v) is 9.54. The Kier molecular flexibility index (Phi) is 6.79. The average Bonchev–Trinajstić information content (AvgIpc) is 3.03. The van der Waals surface area contributed by atoms with E-state index >= 15 is 0 Å². The first-order valence-corrected chi connectivity index (χ1v) is 12.5. The van der Waals surface area contributed by atoms with Crippen LogP contribution in [0.1, 0.15) is 59.3 Å². The van der Waals surface area contributed by atoms with Crippen molar-refractivity contribution < 1.29 is 34.2 Å². The molecule has 4 rings (SSSR count). The van der Waals surface area contributed by atoms with E-state index in [4.69, 9.17) is 4.74 Å². The predicted molar refractivity (Wildman–Crippen MR) is 124 cm³/mol. The molecule has 0 spiro atoms. The van der Waals surface area contributed by atoms with E-state index in [2.05, 4.69) is 17.1 Å². The van der Waals surface area contributed by atoms with Crippen LogP contribution in [-0.4, -0.2) is 52.7 Å². The molecule has 9 heteroatoms. The number of fused-ring (bicyclic) bond motifs is 5. The molecule has 0 heterocycles. The fraction of sp³-hybridized carbons (Fsp3) is 0.731. The van der Waals surface area contributed by atoms with Gasteiger partial charge in [-0.1, -0.05) is 32.4 Å². The first kappa shape index (κ1) is 25.7. The van der Waals surface area contributed by atoms with Crippen molar-refractivity contribution in [3.05, 3.63) is 28.7 Å². The Hall–Kier alpha value is -2.39. The summed E-state index contributed by atoms with van der Waals surface area (Å²) in [5, 5.41) is 23.8. The molecule has 0 amide bonds. The minimum absolute atomic E-state index is 0.0128. The summed E-state index contributed by atoms with van der Waals surface area (Å²) in [6.45, 7) is 5.06. The van der Waals surface area contributed by atoms with Crippen LogP contribution in [0.15, 0.2) is 29.1 Å². The van der Waals surface area contributed by atoms with Gasteiger partial charge in [-0.2, -0.15) is 0 Å². The molecule has 0 saturated heterocycles. The Labute approximate surface area is 204 Å². The van der Waals surface area contributed by atoms with Gasteiger partial charge in [0.05, 0.1) is 6.10 Å². The second kappa shape index (κ2) is 9.24. The molecule has 35 heavy (non-hydrogen) atoms. The molecule has 0 aliphatic heterocycles. The lowest BCUT2D eigenvalue weighted by molar-refractivity contribution is -0.205. The fourth-order valence-electron chi connectivity index (χ4n) is 8.18. The van der Waals surface area contributed by atoms with Crippen LogP contribution in [0, 0.1) is 39.4 Å². The molecule has 0 bridgehead atoms. The van der Waals surface area contributed by atoms with Gasteiger partial charge in [-0.3, -0.25) is 14.4 Å². The lowest BCUT2D eigenvalue weighted by Gasteiger charge is -2.60. The highest BCUT2D eigenvalue weighted by Crippen LogP contribution is 2.69. The molecule has 8 atom stereocenters. The van der Waals surface area contributed by atoms with Gasteiger partial charge in [0.2, 0.25) is 5.78 Å². The van der Waals surface area contributed by atoms with Crippen LogP contribution in [0.2, 0.25) is 0 Å². The molecular formula is C26H35NO8. The Bertz CT molecular complexity index is 974. The van der Waals surface area contributed by atoms with Crippen molar-refractivity contribution in [1.82, 2.24) is 0 Å². The predicted octanol–water partition coefficient (Wildman–Crippen LogP) is 2.83. The number of hydrogen-bond donors (Lipinski definition) is 2. The molecule has 2 N–H and O–H groups in total. The number of aliphatic hydroxyl groups excluding tert-OH is 2. The number of esters is 1. The van der Waals surface area contributed by atoms with Crippen LogP contribution >= 0.6 is 0 Å². The van der Waals surface area contributed by atoms with Crippen molar-refractivity contribution >= 4 is 17.5 Å². The van der Waals surface area contributed by atoms with Gasteiger partial charge in [-0.05, 0) is 56.1 Å². The third kappa shape index (κ3) is 3.78. The summed E-state index contributed by atoms with van der Waals surface area (Å²) in [7, 11) is 0. The molecule has 0 radical (unpaired) electrons. The van der Waals surface area contributed by atoms with Crippen molar-refractivity contribution in [2.75, 3.05) is 13.2 Å². The highest BCUT2D eigenvalue weighted by molar-refractivity contribution is 6.01. The maximum Gasteiger partial charge on any atom is 0.306 e. The maximum atomic E-state index is 13.4. The standard InChI is InChI=1S/C26H35NO8/c1-15-11-19-18-7-6-16-12-17(29)8-9-24(16,2)23(18)20(30)13-25(19,3)26(15,21(31)14-28)35-22(32)5-4-10-34-27-33/h8-9,12,15,18-20,23,28,30H,4-7,10-11,13-14H2,1-3H3/t15?,18?,19?,20?,23?,24?,25?,26-/m0/s1. The van der Waals surface area contributed by atoms with Gasteiger partial charge in [0.15, 0.2) is 16.7 Å². The zero-order valence-electron chi connectivity index (χ0n) is 20.6. The Balaban J connectivity index is 1.68. The van der Waals surface area contributed by atoms with E-state index in [1.807, 2.05) is 19.9 Å². The van der Waals surface area contributed by atoms with Crippen molar-refractivity contribution in [3.63, 3.8) is 0 Å². The zero-order chi connectivity index (χ0) is 25.6. The van der Waals surface area contributed by atoms with Crippen molar-refractivity contribution in [3.8, 4) is 0 Å². The normalized spacial score (nSPS) is 41.8. The summed E-state index contributed by atoms with van der Waals surface area (Å²) < 4.78 is 6.00. The van der Waals surface area contributed by atoms with Gasteiger partial charge in [0, 0.05) is 29.1 Å². The van der Waals surface area contributed by atoms with Gasteiger partial charge in [-0.25, -0.2) is 0 Å². The zero-order valence-corrected chi connectivity index (χ0v) is 20.6. The molecule has 0 aromatic carbocycles. The SMILES string of the molecule is CC1CC2C3CCC4=CC(=O)C=CC4(C)C3C(O)CC2(C)[C@@]1(OC(=O)CCCON=O)C(=O)CO. The summed E-state index contributed by atoms with van der Waals surface area (Å²) in [6, 6.07) is 0. The smallest absolute Gasteiger partial charge is 0.306 e. The van der Waals surface area contributed by atoms with Gasteiger partial charge >= 0.3 is 5.97 Å². The van der Waals surface area contributed by atoms with Gasteiger partial charge < -0.3 is 19.8 Å². The number of carbonyl (C=O) groups excluding carboxylic acids is 3. The van der Waals surface area contributed by atoms with Crippen LogP contribution in [0.5, 0.6) is 0 Å². The summed E-state index contributed by atoms with van der Waals surface area (Å²) in [5.41, 5.74) is -1.84. The van der Waals surface area contributed by atoms with E-state index in [0.717, 1.165) is 18.4 Å². The Morgan fingerprint density at radius 1 is 1.29 bits per heavy atom. The largest absolute Gasteiger partial charge is 0.450 e. The monoisotopic (exact) mass is 489 g/mol. The molecule has 0 aromatic heterocycles. The number of Topliss-reactive ketones (excluding diaryl/α,β-unsaturated/α-hetero) is 1. The van der Waals surface area contributed by atoms with Crippen molar-refractivity contribution in [2.45, 2.75) is 71.0 Å². The van der Waals surface area contributed by atoms with Gasteiger partial charge in [-0.15, -0.1) is 4.91 Å². The molecule has 9 nitrogen and oxygen atoms in total. The fourth-order valence-corrected chi connectivity index (χ4v) is 8.18. The van der Waals surface area contributed by atoms with Crippen molar-refractivity contribution in [2.24, 2.45) is 39.8 Å². The summed E-state index contributed by atoms with van der Waals surface area (Å²) >= 11 is 0. The number of allylic oxidation sites excluding steroid dienone is 4. The molecule has 0 aromatic rings. The number of ketones is 2. The lowest BCUT2D eigenvalue weighted by atomic mass is 9.46. The molecule has 4 aliphatic carbocycles. The number of ether oxygens (including phenoxy) is 1. The number of aliphatic hydroxyl groups is 2. The number of nitrogens with zero attached hydrogens (tertiary/aromatic N) is 1. The van der Waals surface area contributed by atoms with E-state index < -0.39 is 40.9 Å². The second-order valence-electron chi connectivity index (χ2n) is 11.2. The molecule has 3 saturated carbocycles. The highest BCUT2D eigenvalue weighted by atomic mass is 16.7. The molecule has 4 aliphatic rings. The summed E-state index contributed by atoms with van der Waals surface area (Å²) in [5.74, 6) is -1.62. The molecule has 7 unspecified atom stereocenters. The van der Waals surface area contributed by atoms with Crippen LogP contribution in [-0.2, 0) is 24.0 Å². The minimum Gasteiger partial charge on any atom is -0.450 e. The van der Waals surface area contributed by atoms with Crippen LogP contribution in [0.3, 0.4) is 0 Å². The Morgan fingerprint density at radius 2 is 2.03 bits per heavy atom. The van der Waals surface area contributed by atoms with E-state index in [0.29, 0.717) is 6.42 Å². The number of carbonyl (C=O) groups is 3. The quantitative estimate of drug-likeness (QED) is 0.230. The van der Waals surface area contributed by atoms with E-state index in [1.165, 1.54) is 0 Å². The van der Waals surface area contributed by atoms with Gasteiger partial charge in [0.25, 0.3) is 0 Å². The van der Waals surface area contributed by atoms with Crippen LogP contribution in [0.4, 0.5) is 0 Å². The van der Waals surface area contributed by atoms with Gasteiger partial charge in [0.1, 0.15) is 13.2 Å². The maximum absolute atomic E-state index is 13.4. The minimum atomic E-state index is -1.56. The summed E-state index contributed by atoms with van der Waals surface area (Å²) in [6.07, 6.45) is 6.91. The summed E-state index contributed by atoms with van der Waals surface area (Å²) in [4.78, 5) is 52.8. The number of hydrogen-bond acceptors (Lipinski definition) is 9. The average molecular weight is 490 g/mol. The highest BCUT2D eigenvalue weighted by Gasteiger charge is 2.72.